The molecule has 11 aromatic rings. The highest BCUT2D eigenvalue weighted by atomic mass is 16.5. The van der Waals surface area contributed by atoms with Crippen LogP contribution in [-0.4, -0.2) is 9.97 Å². The standard InChI is InChI=1S/C52H30N4O4/c1-7-19-45-37(13-1)53-51(59-45)31-27-35-33(43(29-31)55-39-15-3-9-21-47(39)57-48-22-10-4-16-40(48)55)25-26-34-36(35)28-32(52-54-38-14-2-8-20-46(38)60-52)30-44(34)56-41-17-5-11-23-49(41)58-50-24-12-6-18-42(50)56/h1-30H. The molecule has 0 unspecified atom stereocenters. The first-order valence-corrected chi connectivity index (χ1v) is 19.8. The third-order valence-corrected chi connectivity index (χ3v) is 11.5. The van der Waals surface area contributed by atoms with E-state index < -0.39 is 0 Å². The van der Waals surface area contributed by atoms with Gasteiger partial charge in [-0.3, -0.25) is 0 Å². The Hall–Kier alpha value is -8.36. The summed E-state index contributed by atoms with van der Waals surface area (Å²) in [5.41, 5.74) is 10.3. The van der Waals surface area contributed by atoms with Crippen LogP contribution in [0.2, 0.25) is 0 Å². The molecular weight excluding hydrogens is 745 g/mol. The number of hydrogen-bond acceptors (Lipinski definition) is 8. The molecule has 0 aliphatic carbocycles. The lowest BCUT2D eigenvalue weighted by atomic mass is 9.94. The first-order chi connectivity index (χ1) is 29.7. The highest BCUT2D eigenvalue weighted by molar-refractivity contribution is 6.19. The minimum atomic E-state index is 0.526. The second-order valence-corrected chi connectivity index (χ2v) is 15.0. The molecule has 8 nitrogen and oxygen atoms in total. The molecule has 0 saturated carbocycles. The molecule has 9 aromatic carbocycles. The summed E-state index contributed by atoms with van der Waals surface area (Å²) in [6, 6.07) is 61.6. The zero-order chi connectivity index (χ0) is 39.3. The van der Waals surface area contributed by atoms with Crippen molar-refractivity contribution in [2.45, 2.75) is 0 Å². The molecule has 0 amide bonds. The SMILES string of the molecule is c1ccc2c(c1)Oc1ccccc1N2c1cc(-c2nc3ccccc3o2)cc2c1ccc1c(N3c4ccccc4Oc4ccccc43)cc(-c3nc4ccccc4o3)cc12. The molecule has 0 bridgehead atoms. The van der Waals surface area contributed by atoms with Crippen molar-refractivity contribution in [2.24, 2.45) is 0 Å². The van der Waals surface area contributed by atoms with Crippen molar-refractivity contribution in [1.82, 2.24) is 9.97 Å². The lowest BCUT2D eigenvalue weighted by Crippen LogP contribution is -2.16. The highest BCUT2D eigenvalue weighted by Gasteiger charge is 2.31. The van der Waals surface area contributed by atoms with Crippen molar-refractivity contribution in [3.63, 3.8) is 0 Å². The Morgan fingerprint density at radius 3 is 1.05 bits per heavy atom. The summed E-state index contributed by atoms with van der Waals surface area (Å²) in [5, 5.41) is 4.05. The molecule has 4 heterocycles. The molecule has 0 fully saturated rings. The van der Waals surface area contributed by atoms with Gasteiger partial charge in [-0.2, -0.15) is 0 Å². The lowest BCUT2D eigenvalue weighted by Gasteiger charge is -2.34. The van der Waals surface area contributed by atoms with Gasteiger partial charge in [-0.15, -0.1) is 0 Å². The summed E-state index contributed by atoms with van der Waals surface area (Å²) in [4.78, 5) is 14.6. The molecule has 2 aliphatic heterocycles. The summed E-state index contributed by atoms with van der Waals surface area (Å²) >= 11 is 0. The molecule has 0 atom stereocenters. The molecule has 2 aliphatic rings. The van der Waals surface area contributed by atoms with E-state index in [0.717, 1.165) is 112 Å². The van der Waals surface area contributed by atoms with Crippen LogP contribution < -0.4 is 19.3 Å². The van der Waals surface area contributed by atoms with Gasteiger partial charge >= 0.3 is 0 Å². The first-order valence-electron chi connectivity index (χ1n) is 19.8. The van der Waals surface area contributed by atoms with Crippen LogP contribution in [-0.2, 0) is 0 Å². The Bertz CT molecular complexity index is 3160. The van der Waals surface area contributed by atoms with Crippen LogP contribution in [0.25, 0.3) is 66.7 Å². The summed E-state index contributed by atoms with van der Waals surface area (Å²) in [6.45, 7) is 0. The minimum absolute atomic E-state index is 0.526. The van der Waals surface area contributed by atoms with Gasteiger partial charge in [0.15, 0.2) is 34.2 Å². The van der Waals surface area contributed by atoms with E-state index in [4.69, 9.17) is 28.3 Å². The number of hydrogen-bond donors (Lipinski definition) is 0. The molecule has 2 aromatic heterocycles. The fourth-order valence-electron chi connectivity index (χ4n) is 8.78. The predicted octanol–water partition coefficient (Wildman–Crippen LogP) is 14.8. The van der Waals surface area contributed by atoms with Crippen molar-refractivity contribution >= 4 is 77.9 Å². The lowest BCUT2D eigenvalue weighted by molar-refractivity contribution is 0.477. The number of benzene rings is 9. The predicted molar refractivity (Wildman–Crippen MR) is 237 cm³/mol. The molecule has 0 spiro atoms. The Morgan fingerprint density at radius 1 is 0.317 bits per heavy atom. The summed E-state index contributed by atoms with van der Waals surface area (Å²) in [5.74, 6) is 4.12. The van der Waals surface area contributed by atoms with E-state index in [1.807, 2.05) is 121 Å². The van der Waals surface area contributed by atoms with Crippen LogP contribution in [0.3, 0.4) is 0 Å². The van der Waals surface area contributed by atoms with E-state index in [1.54, 1.807) is 0 Å². The molecule has 0 radical (unpaired) electrons. The quantitative estimate of drug-likeness (QED) is 0.164. The maximum absolute atomic E-state index is 6.52. The Labute approximate surface area is 342 Å². The normalized spacial score (nSPS) is 12.9. The number of aromatic nitrogens is 2. The summed E-state index contributed by atoms with van der Waals surface area (Å²) in [7, 11) is 0. The maximum Gasteiger partial charge on any atom is 0.227 e. The minimum Gasteiger partial charge on any atom is -0.453 e. The second kappa shape index (κ2) is 12.6. The summed E-state index contributed by atoms with van der Waals surface area (Å²) < 4.78 is 26.0. The van der Waals surface area contributed by atoms with Crippen LogP contribution in [0.1, 0.15) is 0 Å². The largest absolute Gasteiger partial charge is 0.453 e. The third kappa shape index (κ3) is 4.91. The average molecular weight is 775 g/mol. The zero-order valence-corrected chi connectivity index (χ0v) is 31.7. The number of fused-ring (bicyclic) bond motifs is 9. The second-order valence-electron chi connectivity index (χ2n) is 15.0. The van der Waals surface area contributed by atoms with Crippen molar-refractivity contribution in [3.8, 4) is 45.9 Å². The van der Waals surface area contributed by atoms with Gasteiger partial charge in [0, 0.05) is 21.9 Å². The van der Waals surface area contributed by atoms with E-state index in [-0.39, 0.29) is 0 Å². The fourth-order valence-corrected chi connectivity index (χ4v) is 8.78. The number of para-hydroxylation sites is 12. The molecule has 13 rings (SSSR count). The number of rotatable bonds is 4. The van der Waals surface area contributed by atoms with Crippen molar-refractivity contribution in [3.05, 3.63) is 182 Å². The Morgan fingerprint density at radius 2 is 0.667 bits per heavy atom. The van der Waals surface area contributed by atoms with Gasteiger partial charge in [0.05, 0.1) is 34.1 Å². The number of nitrogens with zero attached hydrogens (tertiary/aromatic N) is 4. The maximum atomic E-state index is 6.52. The van der Waals surface area contributed by atoms with Crippen LogP contribution in [0.15, 0.2) is 191 Å². The van der Waals surface area contributed by atoms with Gasteiger partial charge in [-0.25, -0.2) is 9.97 Å². The molecule has 282 valence electrons. The fraction of sp³-hybridized carbons (Fsp3) is 0. The monoisotopic (exact) mass is 774 g/mol. The van der Waals surface area contributed by atoms with Crippen molar-refractivity contribution in [2.75, 3.05) is 9.80 Å². The van der Waals surface area contributed by atoms with Gasteiger partial charge in [0.2, 0.25) is 11.8 Å². The van der Waals surface area contributed by atoms with Gasteiger partial charge in [0.25, 0.3) is 0 Å². The van der Waals surface area contributed by atoms with Crippen molar-refractivity contribution in [1.29, 1.82) is 0 Å². The third-order valence-electron chi connectivity index (χ3n) is 11.5. The van der Waals surface area contributed by atoms with Crippen molar-refractivity contribution < 1.29 is 18.3 Å². The Kier molecular flexibility index (Phi) is 6.85. The van der Waals surface area contributed by atoms with Gasteiger partial charge in [0.1, 0.15) is 11.0 Å². The number of anilines is 6. The van der Waals surface area contributed by atoms with Gasteiger partial charge in [-0.05, 0) is 108 Å². The molecular formula is C52H30N4O4. The molecule has 8 heteroatoms. The highest BCUT2D eigenvalue weighted by Crippen LogP contribution is 2.55. The molecule has 0 N–H and O–H groups in total. The van der Waals surface area contributed by atoms with Gasteiger partial charge < -0.3 is 28.1 Å². The molecule has 60 heavy (non-hydrogen) atoms. The number of ether oxygens (including phenoxy) is 2. The van der Waals surface area contributed by atoms with Crippen LogP contribution in [0.5, 0.6) is 23.0 Å². The summed E-state index contributed by atoms with van der Waals surface area (Å²) in [6.07, 6.45) is 0. The van der Waals surface area contributed by atoms with Crippen LogP contribution in [0, 0.1) is 0 Å². The molecule has 0 saturated heterocycles. The van der Waals surface area contributed by atoms with E-state index >= 15 is 0 Å². The van der Waals surface area contributed by atoms with Gasteiger partial charge in [-0.1, -0.05) is 84.9 Å². The zero-order valence-electron chi connectivity index (χ0n) is 31.7. The first kappa shape index (κ1) is 32.7. The number of oxazole rings is 2. The van der Waals surface area contributed by atoms with E-state index in [0.29, 0.717) is 11.8 Å². The van der Waals surface area contributed by atoms with E-state index in [2.05, 4.69) is 70.5 Å². The van der Waals surface area contributed by atoms with E-state index in [9.17, 15) is 0 Å². The smallest absolute Gasteiger partial charge is 0.227 e. The average Bonchev–Trinajstić information content (AvgIpc) is 3.95. The van der Waals surface area contributed by atoms with Crippen LogP contribution >= 0.6 is 0 Å². The Balaban J connectivity index is 1.16. The topological polar surface area (TPSA) is 77.0 Å². The van der Waals surface area contributed by atoms with E-state index in [1.165, 1.54) is 0 Å². The van der Waals surface area contributed by atoms with Crippen LogP contribution in [0.4, 0.5) is 34.1 Å².